The molecule has 0 aliphatic heterocycles. The van der Waals surface area contributed by atoms with E-state index in [1.165, 1.54) is 18.2 Å². The fourth-order valence-corrected chi connectivity index (χ4v) is 2.60. The second-order valence-electron chi connectivity index (χ2n) is 4.99. The van der Waals surface area contributed by atoms with Gasteiger partial charge in [0.05, 0.1) is 14.2 Å². The van der Waals surface area contributed by atoms with Crippen LogP contribution in [0.4, 0.5) is 0 Å². The van der Waals surface area contributed by atoms with Crippen molar-refractivity contribution in [1.29, 1.82) is 0 Å². The summed E-state index contributed by atoms with van der Waals surface area (Å²) in [6, 6.07) is 6.28. The van der Waals surface area contributed by atoms with Crippen molar-refractivity contribution < 1.29 is 14.3 Å². The van der Waals surface area contributed by atoms with Crippen LogP contribution in [0.1, 0.15) is 24.5 Å². The third-order valence-corrected chi connectivity index (χ3v) is 3.68. The molecule has 4 heteroatoms. The SMILES string of the molecule is COC(=O)C(C)NC1CCc2ccc(OC)cc2C1. The molecular formula is C15H21NO3. The molecule has 4 nitrogen and oxygen atoms in total. The van der Waals surface area contributed by atoms with Crippen LogP contribution in [0.2, 0.25) is 0 Å². The Morgan fingerprint density at radius 1 is 1.37 bits per heavy atom. The zero-order chi connectivity index (χ0) is 13.8. The van der Waals surface area contributed by atoms with E-state index in [-0.39, 0.29) is 12.0 Å². The van der Waals surface area contributed by atoms with Crippen molar-refractivity contribution in [2.45, 2.75) is 38.3 Å². The average molecular weight is 263 g/mol. The number of hydrogen-bond acceptors (Lipinski definition) is 4. The van der Waals surface area contributed by atoms with Crippen LogP contribution in [0.5, 0.6) is 5.75 Å². The van der Waals surface area contributed by atoms with Gasteiger partial charge in [0.15, 0.2) is 0 Å². The van der Waals surface area contributed by atoms with Crippen molar-refractivity contribution in [3.63, 3.8) is 0 Å². The van der Waals surface area contributed by atoms with Gasteiger partial charge in [0.25, 0.3) is 0 Å². The Hall–Kier alpha value is -1.55. The summed E-state index contributed by atoms with van der Waals surface area (Å²) < 4.78 is 10.00. The number of rotatable bonds is 4. The highest BCUT2D eigenvalue weighted by atomic mass is 16.5. The summed E-state index contributed by atoms with van der Waals surface area (Å²) in [7, 11) is 3.10. The van der Waals surface area contributed by atoms with Gasteiger partial charge in [-0.1, -0.05) is 6.07 Å². The molecule has 0 fully saturated rings. The molecule has 0 bridgehead atoms. The van der Waals surface area contributed by atoms with E-state index in [2.05, 4.69) is 17.4 Å². The third-order valence-electron chi connectivity index (χ3n) is 3.68. The molecule has 2 atom stereocenters. The monoisotopic (exact) mass is 263 g/mol. The highest BCUT2D eigenvalue weighted by Crippen LogP contribution is 2.25. The van der Waals surface area contributed by atoms with Crippen molar-refractivity contribution in [1.82, 2.24) is 5.32 Å². The van der Waals surface area contributed by atoms with Crippen LogP contribution in [0.15, 0.2) is 18.2 Å². The van der Waals surface area contributed by atoms with Crippen LogP contribution in [-0.2, 0) is 22.4 Å². The number of methoxy groups -OCH3 is 2. The minimum absolute atomic E-state index is 0.212. The van der Waals surface area contributed by atoms with Gasteiger partial charge in [0, 0.05) is 6.04 Å². The summed E-state index contributed by atoms with van der Waals surface area (Å²) >= 11 is 0. The van der Waals surface area contributed by atoms with Gasteiger partial charge in [-0.2, -0.15) is 0 Å². The summed E-state index contributed by atoms with van der Waals surface area (Å²) in [5.74, 6) is 0.678. The fourth-order valence-electron chi connectivity index (χ4n) is 2.60. The largest absolute Gasteiger partial charge is 0.497 e. The average Bonchev–Trinajstić information content (AvgIpc) is 2.45. The molecule has 0 saturated carbocycles. The number of aryl methyl sites for hydroxylation is 1. The number of carbonyl (C=O) groups excluding carboxylic acids is 1. The van der Waals surface area contributed by atoms with Crippen LogP contribution >= 0.6 is 0 Å². The second kappa shape index (κ2) is 6.06. The van der Waals surface area contributed by atoms with Gasteiger partial charge in [-0.3, -0.25) is 4.79 Å². The van der Waals surface area contributed by atoms with Crippen LogP contribution in [0, 0.1) is 0 Å². The molecule has 1 aromatic carbocycles. The van der Waals surface area contributed by atoms with E-state index in [9.17, 15) is 4.79 Å². The number of ether oxygens (including phenoxy) is 2. The summed E-state index contributed by atoms with van der Waals surface area (Å²) in [6.45, 7) is 1.84. The van der Waals surface area contributed by atoms with Crippen molar-refractivity contribution in [3.8, 4) is 5.75 Å². The molecule has 19 heavy (non-hydrogen) atoms. The zero-order valence-electron chi connectivity index (χ0n) is 11.7. The van der Waals surface area contributed by atoms with E-state index >= 15 is 0 Å². The van der Waals surface area contributed by atoms with Gasteiger partial charge < -0.3 is 14.8 Å². The first-order valence-electron chi connectivity index (χ1n) is 6.63. The number of carbonyl (C=O) groups is 1. The Labute approximate surface area is 114 Å². The number of esters is 1. The molecule has 1 aliphatic carbocycles. The van der Waals surface area contributed by atoms with Crippen molar-refractivity contribution in [2.24, 2.45) is 0 Å². The lowest BCUT2D eigenvalue weighted by Gasteiger charge is -2.27. The lowest BCUT2D eigenvalue weighted by Crippen LogP contribution is -2.44. The first kappa shape index (κ1) is 13.9. The number of hydrogen-bond donors (Lipinski definition) is 1. The summed E-state index contributed by atoms with van der Waals surface area (Å²) in [6.07, 6.45) is 3.00. The highest BCUT2D eigenvalue weighted by molar-refractivity contribution is 5.75. The first-order valence-corrected chi connectivity index (χ1v) is 6.63. The lowest BCUT2D eigenvalue weighted by atomic mass is 9.88. The van der Waals surface area contributed by atoms with E-state index < -0.39 is 0 Å². The summed E-state index contributed by atoms with van der Waals surface area (Å²) in [5, 5.41) is 3.33. The summed E-state index contributed by atoms with van der Waals surface area (Å²) in [4.78, 5) is 11.4. The van der Waals surface area contributed by atoms with Crippen molar-refractivity contribution >= 4 is 5.97 Å². The molecule has 0 saturated heterocycles. The van der Waals surface area contributed by atoms with Gasteiger partial charge in [0.2, 0.25) is 0 Å². The Morgan fingerprint density at radius 2 is 2.16 bits per heavy atom. The molecule has 0 radical (unpaired) electrons. The van der Waals surface area contributed by atoms with E-state index in [0.717, 1.165) is 25.0 Å². The number of benzene rings is 1. The standard InChI is InChI=1S/C15H21NO3/c1-10(15(17)19-3)16-13-6-4-11-5-7-14(18-2)9-12(11)8-13/h5,7,9-10,13,16H,4,6,8H2,1-3H3. The van der Waals surface area contributed by atoms with Crippen LogP contribution < -0.4 is 10.1 Å². The maximum absolute atomic E-state index is 11.4. The van der Waals surface area contributed by atoms with Gasteiger partial charge >= 0.3 is 5.97 Å². The predicted octanol–water partition coefficient (Wildman–Crippen LogP) is 1.70. The Kier molecular flexibility index (Phi) is 4.43. The number of nitrogens with one attached hydrogen (secondary N) is 1. The topological polar surface area (TPSA) is 47.6 Å². The van der Waals surface area contributed by atoms with Crippen LogP contribution in [-0.4, -0.2) is 32.3 Å². The normalized spacial score (nSPS) is 19.4. The first-order chi connectivity index (χ1) is 9.13. The molecule has 1 aromatic rings. The molecule has 2 unspecified atom stereocenters. The molecule has 1 aliphatic rings. The zero-order valence-corrected chi connectivity index (χ0v) is 11.7. The van der Waals surface area contributed by atoms with Crippen molar-refractivity contribution in [2.75, 3.05) is 14.2 Å². The molecular weight excluding hydrogens is 242 g/mol. The maximum Gasteiger partial charge on any atom is 0.322 e. The Morgan fingerprint density at radius 3 is 2.84 bits per heavy atom. The minimum Gasteiger partial charge on any atom is -0.497 e. The van der Waals surface area contributed by atoms with E-state index in [4.69, 9.17) is 9.47 Å². The smallest absolute Gasteiger partial charge is 0.322 e. The van der Waals surface area contributed by atoms with E-state index in [1.54, 1.807) is 7.11 Å². The van der Waals surface area contributed by atoms with Gasteiger partial charge in [0.1, 0.15) is 11.8 Å². The second-order valence-corrected chi connectivity index (χ2v) is 4.99. The van der Waals surface area contributed by atoms with Gasteiger partial charge in [-0.25, -0.2) is 0 Å². The molecule has 2 rings (SSSR count). The molecule has 0 aromatic heterocycles. The fraction of sp³-hybridized carbons (Fsp3) is 0.533. The molecule has 0 spiro atoms. The molecule has 0 heterocycles. The summed E-state index contributed by atoms with van der Waals surface area (Å²) in [5.41, 5.74) is 2.68. The minimum atomic E-state index is -0.262. The number of fused-ring (bicyclic) bond motifs is 1. The maximum atomic E-state index is 11.4. The lowest BCUT2D eigenvalue weighted by molar-refractivity contribution is -0.142. The van der Waals surface area contributed by atoms with Gasteiger partial charge in [-0.05, 0) is 49.4 Å². The third kappa shape index (κ3) is 3.26. The quantitative estimate of drug-likeness (QED) is 0.840. The molecule has 104 valence electrons. The molecule has 1 N–H and O–H groups in total. The highest BCUT2D eigenvalue weighted by Gasteiger charge is 2.23. The Bertz CT molecular complexity index is 459. The van der Waals surface area contributed by atoms with Crippen LogP contribution in [0.25, 0.3) is 0 Å². The Balaban J connectivity index is 2.02. The van der Waals surface area contributed by atoms with E-state index in [1.807, 2.05) is 13.0 Å². The van der Waals surface area contributed by atoms with E-state index in [0.29, 0.717) is 6.04 Å². The van der Waals surface area contributed by atoms with Gasteiger partial charge in [-0.15, -0.1) is 0 Å². The molecule has 0 amide bonds. The van der Waals surface area contributed by atoms with Crippen LogP contribution in [0.3, 0.4) is 0 Å². The predicted molar refractivity (Wildman–Crippen MR) is 73.4 cm³/mol. The van der Waals surface area contributed by atoms with Crippen molar-refractivity contribution in [3.05, 3.63) is 29.3 Å².